The van der Waals surface area contributed by atoms with Crippen molar-refractivity contribution in [1.82, 2.24) is 25.1 Å². The summed E-state index contributed by atoms with van der Waals surface area (Å²) >= 11 is 0. The molecular formula is C8H10N6. The third-order valence-corrected chi connectivity index (χ3v) is 1.68. The van der Waals surface area contributed by atoms with E-state index in [4.69, 9.17) is 0 Å². The van der Waals surface area contributed by atoms with E-state index in [0.29, 0.717) is 11.8 Å². The highest BCUT2D eigenvalue weighted by molar-refractivity contribution is 5.45. The van der Waals surface area contributed by atoms with E-state index in [1.54, 1.807) is 12.3 Å². The van der Waals surface area contributed by atoms with Crippen LogP contribution in [-0.4, -0.2) is 25.1 Å². The normalized spacial score (nSPS) is 10.1. The Morgan fingerprint density at radius 3 is 3.07 bits per heavy atom. The number of H-pyrrole nitrogens is 1. The van der Waals surface area contributed by atoms with Crippen molar-refractivity contribution >= 4 is 11.8 Å². The lowest BCUT2D eigenvalue weighted by molar-refractivity contribution is 0.940. The standard InChI is InChI=1S/C8H10N6/c1-2-6-9-4-3-7(12-6)13-8-10-5-11-14-8/h3-5H,2H2,1H3,(H2,9,10,11,12,13,14). The highest BCUT2D eigenvalue weighted by atomic mass is 15.3. The molecule has 0 saturated carbocycles. The van der Waals surface area contributed by atoms with Crippen molar-refractivity contribution in [2.24, 2.45) is 0 Å². The van der Waals surface area contributed by atoms with Crippen LogP contribution in [0.15, 0.2) is 18.6 Å². The molecule has 0 fully saturated rings. The smallest absolute Gasteiger partial charge is 0.224 e. The first-order chi connectivity index (χ1) is 6.88. The highest BCUT2D eigenvalue weighted by Crippen LogP contribution is 2.07. The van der Waals surface area contributed by atoms with Crippen molar-refractivity contribution in [3.05, 3.63) is 24.4 Å². The molecule has 2 aromatic rings. The van der Waals surface area contributed by atoms with E-state index in [1.165, 1.54) is 6.33 Å². The Kier molecular flexibility index (Phi) is 2.35. The second-order valence-corrected chi connectivity index (χ2v) is 2.67. The van der Waals surface area contributed by atoms with Gasteiger partial charge in [-0.3, -0.25) is 0 Å². The van der Waals surface area contributed by atoms with Gasteiger partial charge in [0.25, 0.3) is 0 Å². The molecule has 0 amide bonds. The second-order valence-electron chi connectivity index (χ2n) is 2.67. The first-order valence-corrected chi connectivity index (χ1v) is 4.33. The zero-order valence-electron chi connectivity index (χ0n) is 7.73. The number of hydrogen-bond acceptors (Lipinski definition) is 5. The van der Waals surface area contributed by atoms with Gasteiger partial charge in [-0.25, -0.2) is 15.1 Å². The van der Waals surface area contributed by atoms with Crippen LogP contribution in [0.3, 0.4) is 0 Å². The van der Waals surface area contributed by atoms with Gasteiger partial charge < -0.3 is 5.32 Å². The van der Waals surface area contributed by atoms with Crippen molar-refractivity contribution in [1.29, 1.82) is 0 Å². The van der Waals surface area contributed by atoms with E-state index in [9.17, 15) is 0 Å². The Balaban J connectivity index is 2.17. The summed E-state index contributed by atoms with van der Waals surface area (Å²) in [6.07, 6.45) is 3.96. The van der Waals surface area contributed by atoms with Gasteiger partial charge in [0.05, 0.1) is 0 Å². The predicted octanol–water partition coefficient (Wildman–Crippen LogP) is 0.901. The molecule has 0 atom stereocenters. The summed E-state index contributed by atoms with van der Waals surface area (Å²) in [6, 6.07) is 1.78. The number of rotatable bonds is 3. The monoisotopic (exact) mass is 190 g/mol. The zero-order chi connectivity index (χ0) is 9.80. The lowest BCUT2D eigenvalue weighted by Gasteiger charge is -2.01. The fraction of sp³-hybridized carbons (Fsp3) is 0.250. The Hall–Kier alpha value is -1.98. The van der Waals surface area contributed by atoms with Crippen LogP contribution in [0.1, 0.15) is 12.7 Å². The Bertz CT molecular complexity index is 396. The molecule has 0 aromatic carbocycles. The fourth-order valence-electron chi connectivity index (χ4n) is 1.03. The molecule has 0 saturated heterocycles. The van der Waals surface area contributed by atoms with Crippen molar-refractivity contribution in [3.8, 4) is 0 Å². The number of aromatic amines is 1. The summed E-state index contributed by atoms with van der Waals surface area (Å²) in [6.45, 7) is 2.01. The molecule has 0 unspecified atom stereocenters. The largest absolute Gasteiger partial charge is 0.309 e. The molecule has 6 nitrogen and oxygen atoms in total. The van der Waals surface area contributed by atoms with Gasteiger partial charge in [-0.05, 0) is 6.07 Å². The van der Waals surface area contributed by atoms with Gasteiger partial charge in [0, 0.05) is 12.6 Å². The van der Waals surface area contributed by atoms with E-state index in [2.05, 4.69) is 30.5 Å². The van der Waals surface area contributed by atoms with Gasteiger partial charge >= 0.3 is 0 Å². The van der Waals surface area contributed by atoms with Crippen molar-refractivity contribution in [2.75, 3.05) is 5.32 Å². The van der Waals surface area contributed by atoms with Gasteiger partial charge in [0.15, 0.2) is 0 Å². The molecule has 0 bridgehead atoms. The highest BCUT2D eigenvalue weighted by Gasteiger charge is 1.99. The van der Waals surface area contributed by atoms with Crippen LogP contribution in [0, 0.1) is 0 Å². The first-order valence-electron chi connectivity index (χ1n) is 4.33. The molecule has 2 rings (SSSR count). The lowest BCUT2D eigenvalue weighted by Crippen LogP contribution is -1.99. The number of hydrogen-bond donors (Lipinski definition) is 2. The molecule has 14 heavy (non-hydrogen) atoms. The number of nitrogens with one attached hydrogen (secondary N) is 2. The number of nitrogens with zero attached hydrogens (tertiary/aromatic N) is 4. The fourth-order valence-corrected chi connectivity index (χ4v) is 1.03. The molecular weight excluding hydrogens is 180 g/mol. The van der Waals surface area contributed by atoms with Gasteiger partial charge in [0.1, 0.15) is 18.0 Å². The quantitative estimate of drug-likeness (QED) is 0.751. The predicted molar refractivity (Wildman–Crippen MR) is 51.1 cm³/mol. The minimum absolute atomic E-state index is 0.575. The molecule has 0 spiro atoms. The Morgan fingerprint density at radius 2 is 2.36 bits per heavy atom. The van der Waals surface area contributed by atoms with Crippen LogP contribution in [0.4, 0.5) is 11.8 Å². The number of anilines is 2. The summed E-state index contributed by atoms with van der Waals surface area (Å²) in [5.74, 6) is 2.09. The van der Waals surface area contributed by atoms with Crippen molar-refractivity contribution in [2.45, 2.75) is 13.3 Å². The third kappa shape index (κ3) is 1.85. The third-order valence-electron chi connectivity index (χ3n) is 1.68. The number of aryl methyl sites for hydroxylation is 1. The first kappa shape index (κ1) is 8.61. The summed E-state index contributed by atoms with van der Waals surface area (Å²) in [5, 5.41) is 9.39. The Labute approximate surface area is 80.8 Å². The van der Waals surface area contributed by atoms with Crippen LogP contribution < -0.4 is 5.32 Å². The maximum absolute atomic E-state index is 4.26. The van der Waals surface area contributed by atoms with E-state index >= 15 is 0 Å². The zero-order valence-corrected chi connectivity index (χ0v) is 7.73. The van der Waals surface area contributed by atoms with Gasteiger partial charge in [-0.2, -0.15) is 10.1 Å². The molecule has 0 aliphatic carbocycles. The molecule has 0 aliphatic rings. The number of aromatic nitrogens is 5. The van der Waals surface area contributed by atoms with Gasteiger partial charge in [-0.15, -0.1) is 0 Å². The molecule has 2 N–H and O–H groups in total. The summed E-state index contributed by atoms with van der Waals surface area (Å²) in [5.41, 5.74) is 0. The minimum Gasteiger partial charge on any atom is -0.309 e. The maximum Gasteiger partial charge on any atom is 0.224 e. The Morgan fingerprint density at radius 1 is 1.43 bits per heavy atom. The summed E-state index contributed by atoms with van der Waals surface area (Å²) in [7, 11) is 0. The van der Waals surface area contributed by atoms with Gasteiger partial charge in [-0.1, -0.05) is 6.92 Å². The van der Waals surface area contributed by atoms with E-state index in [1.807, 2.05) is 6.92 Å². The van der Waals surface area contributed by atoms with Crippen LogP contribution >= 0.6 is 0 Å². The molecule has 72 valence electrons. The van der Waals surface area contributed by atoms with Crippen LogP contribution in [0.5, 0.6) is 0 Å². The minimum atomic E-state index is 0.575. The average molecular weight is 190 g/mol. The summed E-state index contributed by atoms with van der Waals surface area (Å²) < 4.78 is 0. The SMILES string of the molecule is CCc1nccc(Nc2ncn[nH]2)n1. The topological polar surface area (TPSA) is 79.4 Å². The van der Waals surface area contributed by atoms with Gasteiger partial charge in [0.2, 0.25) is 5.95 Å². The van der Waals surface area contributed by atoms with Crippen molar-refractivity contribution < 1.29 is 0 Å². The molecule has 6 heteroatoms. The van der Waals surface area contributed by atoms with Crippen LogP contribution in [0.2, 0.25) is 0 Å². The lowest BCUT2D eigenvalue weighted by atomic mass is 10.4. The van der Waals surface area contributed by atoms with E-state index in [-0.39, 0.29) is 0 Å². The van der Waals surface area contributed by atoms with E-state index < -0.39 is 0 Å². The van der Waals surface area contributed by atoms with Crippen molar-refractivity contribution in [3.63, 3.8) is 0 Å². The molecule has 2 heterocycles. The van der Waals surface area contributed by atoms with E-state index in [0.717, 1.165) is 12.2 Å². The summed E-state index contributed by atoms with van der Waals surface area (Å²) in [4.78, 5) is 12.3. The van der Waals surface area contributed by atoms with Crippen LogP contribution in [-0.2, 0) is 6.42 Å². The molecule has 0 radical (unpaired) electrons. The average Bonchev–Trinajstić information content (AvgIpc) is 2.71. The van der Waals surface area contributed by atoms with Crippen LogP contribution in [0.25, 0.3) is 0 Å². The molecule has 2 aromatic heterocycles. The maximum atomic E-state index is 4.26. The second kappa shape index (κ2) is 3.82. The molecule has 0 aliphatic heterocycles.